The zero-order valence-corrected chi connectivity index (χ0v) is 19.1. The van der Waals surface area contributed by atoms with Gasteiger partial charge in [0.05, 0.1) is 12.9 Å². The van der Waals surface area contributed by atoms with Crippen molar-refractivity contribution in [2.45, 2.75) is 26.4 Å². The van der Waals surface area contributed by atoms with E-state index in [0.29, 0.717) is 30.7 Å². The maximum Gasteiger partial charge on any atom is 0.332 e. The third kappa shape index (κ3) is 4.29. The van der Waals surface area contributed by atoms with Crippen molar-refractivity contribution in [2.24, 2.45) is 14.1 Å². The van der Waals surface area contributed by atoms with Crippen LogP contribution >= 0.6 is 11.3 Å². The molecule has 0 spiro atoms. The monoisotopic (exact) mass is 451 g/mol. The standard InChI is InChI=1S/C23H25N5O3S/c1-16-9-10-18(32-16)13-27(12-11-17-7-5-4-6-8-17)19(29)14-28-22(30)20-21(24-15-25(20)2)26(3)23(28)31/h4-10,15H,11-14H2,1-3H3. The van der Waals surface area contributed by atoms with Gasteiger partial charge in [0.15, 0.2) is 11.2 Å². The lowest BCUT2D eigenvalue weighted by molar-refractivity contribution is -0.132. The van der Waals surface area contributed by atoms with Gasteiger partial charge in [0.2, 0.25) is 5.91 Å². The van der Waals surface area contributed by atoms with Crippen LogP contribution in [0.2, 0.25) is 0 Å². The average molecular weight is 452 g/mol. The van der Waals surface area contributed by atoms with E-state index in [2.05, 4.69) is 4.98 Å². The molecular formula is C23H25N5O3S. The average Bonchev–Trinajstić information content (AvgIpc) is 3.38. The Labute approximate surface area is 189 Å². The highest BCUT2D eigenvalue weighted by Crippen LogP contribution is 2.18. The van der Waals surface area contributed by atoms with E-state index in [-0.39, 0.29) is 12.5 Å². The summed E-state index contributed by atoms with van der Waals surface area (Å²) in [5.74, 6) is -0.271. The number of amides is 1. The summed E-state index contributed by atoms with van der Waals surface area (Å²) >= 11 is 1.64. The molecule has 0 unspecified atom stereocenters. The van der Waals surface area contributed by atoms with Crippen molar-refractivity contribution in [1.82, 2.24) is 23.6 Å². The molecule has 4 rings (SSSR count). The highest BCUT2D eigenvalue weighted by Gasteiger charge is 2.21. The minimum atomic E-state index is -0.551. The maximum absolute atomic E-state index is 13.3. The Bertz CT molecular complexity index is 1380. The van der Waals surface area contributed by atoms with Crippen LogP contribution < -0.4 is 11.2 Å². The largest absolute Gasteiger partial charge is 0.336 e. The summed E-state index contributed by atoms with van der Waals surface area (Å²) in [6.07, 6.45) is 2.17. The van der Waals surface area contributed by atoms with Crippen LogP contribution in [0.5, 0.6) is 0 Å². The first kappa shape index (κ1) is 21.8. The molecule has 1 amide bonds. The Hall–Kier alpha value is -3.46. The summed E-state index contributed by atoms with van der Waals surface area (Å²) in [6.45, 7) is 2.64. The molecule has 0 saturated carbocycles. The number of thiophene rings is 1. The number of hydrogen-bond acceptors (Lipinski definition) is 5. The fourth-order valence-corrected chi connectivity index (χ4v) is 4.64. The van der Waals surface area contributed by atoms with Crippen molar-refractivity contribution in [1.29, 1.82) is 0 Å². The normalized spacial score (nSPS) is 11.2. The number of benzene rings is 1. The molecule has 0 N–H and O–H groups in total. The predicted molar refractivity (Wildman–Crippen MR) is 125 cm³/mol. The van der Waals surface area contributed by atoms with Gasteiger partial charge in [-0.05, 0) is 31.0 Å². The SMILES string of the molecule is Cc1ccc(CN(CCc2ccccc2)C(=O)Cn2c(=O)c3c(ncn3C)n(C)c2=O)s1. The van der Waals surface area contributed by atoms with Gasteiger partial charge in [-0.25, -0.2) is 14.3 Å². The van der Waals surface area contributed by atoms with Crippen molar-refractivity contribution < 1.29 is 4.79 Å². The summed E-state index contributed by atoms with van der Waals surface area (Å²) < 4.78 is 3.88. The van der Waals surface area contributed by atoms with Crippen LogP contribution in [-0.4, -0.2) is 36.0 Å². The number of aryl methyl sites for hydroxylation is 3. The van der Waals surface area contributed by atoms with Crippen LogP contribution in [0.4, 0.5) is 0 Å². The molecule has 32 heavy (non-hydrogen) atoms. The van der Waals surface area contributed by atoms with E-state index in [4.69, 9.17) is 0 Å². The van der Waals surface area contributed by atoms with E-state index in [1.165, 1.54) is 15.8 Å². The van der Waals surface area contributed by atoms with Crippen LogP contribution in [0.1, 0.15) is 15.3 Å². The van der Waals surface area contributed by atoms with Crippen LogP contribution in [0.15, 0.2) is 58.4 Å². The second-order valence-corrected chi connectivity index (χ2v) is 9.20. The quantitative estimate of drug-likeness (QED) is 0.431. The van der Waals surface area contributed by atoms with E-state index < -0.39 is 11.2 Å². The lowest BCUT2D eigenvalue weighted by Crippen LogP contribution is -2.44. The Kier molecular flexibility index (Phi) is 6.09. The van der Waals surface area contributed by atoms with Gasteiger partial charge < -0.3 is 9.47 Å². The molecule has 0 aliphatic carbocycles. The number of rotatable bonds is 7. The Balaban J connectivity index is 1.64. The number of carbonyl (C=O) groups excluding carboxylic acids is 1. The molecular weight excluding hydrogens is 426 g/mol. The molecule has 0 fully saturated rings. The van der Waals surface area contributed by atoms with Crippen LogP contribution in [0.3, 0.4) is 0 Å². The Morgan fingerprint density at radius 2 is 1.84 bits per heavy atom. The number of carbonyl (C=O) groups is 1. The molecule has 0 atom stereocenters. The van der Waals surface area contributed by atoms with Gasteiger partial charge in [-0.2, -0.15) is 0 Å². The van der Waals surface area contributed by atoms with Gasteiger partial charge in [-0.1, -0.05) is 30.3 Å². The van der Waals surface area contributed by atoms with Gasteiger partial charge in [0.25, 0.3) is 5.56 Å². The van der Waals surface area contributed by atoms with E-state index >= 15 is 0 Å². The minimum absolute atomic E-state index is 0.271. The first-order chi connectivity index (χ1) is 15.3. The second-order valence-electron chi connectivity index (χ2n) is 7.82. The molecule has 0 bridgehead atoms. The third-order valence-electron chi connectivity index (χ3n) is 5.50. The summed E-state index contributed by atoms with van der Waals surface area (Å²) in [6, 6.07) is 14.0. The maximum atomic E-state index is 13.3. The first-order valence-corrected chi connectivity index (χ1v) is 11.1. The zero-order valence-electron chi connectivity index (χ0n) is 18.3. The lowest BCUT2D eigenvalue weighted by Gasteiger charge is -2.23. The first-order valence-electron chi connectivity index (χ1n) is 10.3. The summed E-state index contributed by atoms with van der Waals surface area (Å²) in [5.41, 5.74) is 0.666. The number of nitrogens with zero attached hydrogens (tertiary/aromatic N) is 5. The Morgan fingerprint density at radius 1 is 1.09 bits per heavy atom. The van der Waals surface area contributed by atoms with Gasteiger partial charge >= 0.3 is 5.69 Å². The van der Waals surface area contributed by atoms with E-state index in [1.54, 1.807) is 34.9 Å². The molecule has 3 aromatic heterocycles. The predicted octanol–water partition coefficient (Wildman–Crippen LogP) is 2.08. The van der Waals surface area contributed by atoms with E-state index in [0.717, 1.165) is 15.0 Å². The molecule has 166 valence electrons. The van der Waals surface area contributed by atoms with Gasteiger partial charge in [0.1, 0.15) is 6.54 Å². The molecule has 1 aromatic carbocycles. The van der Waals surface area contributed by atoms with Crippen LogP contribution in [0, 0.1) is 6.92 Å². The molecule has 9 heteroatoms. The summed E-state index contributed by atoms with van der Waals surface area (Å²) in [7, 11) is 3.25. The number of hydrogen-bond donors (Lipinski definition) is 0. The molecule has 3 heterocycles. The fourth-order valence-electron chi connectivity index (χ4n) is 3.73. The minimum Gasteiger partial charge on any atom is -0.336 e. The van der Waals surface area contributed by atoms with Gasteiger partial charge in [-0.15, -0.1) is 11.3 Å². The molecule has 4 aromatic rings. The van der Waals surface area contributed by atoms with Crippen LogP contribution in [-0.2, 0) is 38.4 Å². The molecule has 0 saturated heterocycles. The molecule has 0 aliphatic rings. The Morgan fingerprint density at radius 3 is 2.53 bits per heavy atom. The van der Waals surface area contributed by atoms with E-state index in [9.17, 15) is 14.4 Å². The topological polar surface area (TPSA) is 82.1 Å². The molecule has 0 radical (unpaired) electrons. The zero-order chi connectivity index (χ0) is 22.8. The van der Waals surface area contributed by atoms with Crippen molar-refractivity contribution in [3.8, 4) is 0 Å². The lowest BCUT2D eigenvalue weighted by atomic mass is 10.1. The second kappa shape index (κ2) is 8.96. The van der Waals surface area contributed by atoms with Crippen LogP contribution in [0.25, 0.3) is 11.2 Å². The van der Waals surface area contributed by atoms with E-state index in [1.807, 2.05) is 49.4 Å². The highest BCUT2D eigenvalue weighted by atomic mass is 32.1. The summed E-state index contributed by atoms with van der Waals surface area (Å²) in [4.78, 5) is 47.2. The molecule has 8 nitrogen and oxygen atoms in total. The van der Waals surface area contributed by atoms with Crippen molar-refractivity contribution in [2.75, 3.05) is 6.54 Å². The van der Waals surface area contributed by atoms with Crippen molar-refractivity contribution in [3.05, 3.63) is 84.9 Å². The molecule has 0 aliphatic heterocycles. The number of imidazole rings is 1. The fraction of sp³-hybridized carbons (Fsp3) is 0.304. The number of fused-ring (bicyclic) bond motifs is 1. The van der Waals surface area contributed by atoms with Gasteiger partial charge in [-0.3, -0.25) is 14.2 Å². The van der Waals surface area contributed by atoms with Crippen molar-refractivity contribution in [3.63, 3.8) is 0 Å². The smallest absolute Gasteiger partial charge is 0.332 e. The van der Waals surface area contributed by atoms with Crippen molar-refractivity contribution >= 4 is 28.4 Å². The van der Waals surface area contributed by atoms with Gasteiger partial charge in [0, 0.05) is 30.4 Å². The number of aromatic nitrogens is 4. The highest BCUT2D eigenvalue weighted by molar-refractivity contribution is 7.11. The summed E-state index contributed by atoms with van der Waals surface area (Å²) in [5, 5.41) is 0. The third-order valence-corrected chi connectivity index (χ3v) is 6.49.